The van der Waals surface area contributed by atoms with E-state index in [0.717, 1.165) is 16.9 Å². The Labute approximate surface area is 79.4 Å². The fourth-order valence-electron chi connectivity index (χ4n) is 1.36. The number of hydrogen-bond donors (Lipinski definition) is 1. The van der Waals surface area contributed by atoms with Crippen molar-refractivity contribution in [1.82, 2.24) is 24.8 Å². The van der Waals surface area contributed by atoms with E-state index >= 15 is 0 Å². The molecule has 0 amide bonds. The highest BCUT2D eigenvalue weighted by molar-refractivity contribution is 5.57. The van der Waals surface area contributed by atoms with Crippen LogP contribution in [0.4, 0.5) is 0 Å². The average Bonchev–Trinajstić information content (AvgIpc) is 2.88. The van der Waals surface area contributed by atoms with Crippen molar-refractivity contribution in [1.29, 1.82) is 0 Å². The van der Waals surface area contributed by atoms with Crippen molar-refractivity contribution in [3.8, 4) is 11.3 Å². The van der Waals surface area contributed by atoms with E-state index in [1.807, 2.05) is 24.5 Å². The molecule has 0 spiro atoms. The van der Waals surface area contributed by atoms with Gasteiger partial charge in [0.25, 0.3) is 0 Å². The third-order valence-electron chi connectivity index (χ3n) is 2.05. The summed E-state index contributed by atoms with van der Waals surface area (Å²) in [5.41, 5.74) is 2.70. The molecule has 3 aromatic rings. The molecule has 0 aliphatic rings. The van der Waals surface area contributed by atoms with Crippen molar-refractivity contribution in [2.75, 3.05) is 0 Å². The van der Waals surface area contributed by atoms with Crippen LogP contribution in [0.25, 0.3) is 16.9 Å². The SMILES string of the molecule is c1cn2nc(-c3cn[nH]c3)ccc2n1. The molecule has 14 heavy (non-hydrogen) atoms. The third kappa shape index (κ3) is 0.990. The van der Waals surface area contributed by atoms with Crippen LogP contribution < -0.4 is 0 Å². The number of nitrogens with zero attached hydrogens (tertiary/aromatic N) is 4. The lowest BCUT2D eigenvalue weighted by Crippen LogP contribution is -1.91. The van der Waals surface area contributed by atoms with Gasteiger partial charge in [-0.1, -0.05) is 0 Å². The summed E-state index contributed by atoms with van der Waals surface area (Å²) >= 11 is 0. The Bertz CT molecular complexity index is 551. The van der Waals surface area contributed by atoms with Gasteiger partial charge in [-0.05, 0) is 12.1 Å². The average molecular weight is 185 g/mol. The summed E-state index contributed by atoms with van der Waals surface area (Å²) in [6, 6.07) is 3.85. The largest absolute Gasteiger partial charge is 0.285 e. The quantitative estimate of drug-likeness (QED) is 0.618. The van der Waals surface area contributed by atoms with Crippen LogP contribution in [-0.2, 0) is 0 Å². The third-order valence-corrected chi connectivity index (χ3v) is 2.05. The van der Waals surface area contributed by atoms with Gasteiger partial charge in [-0.15, -0.1) is 0 Å². The van der Waals surface area contributed by atoms with E-state index in [1.54, 1.807) is 16.9 Å². The summed E-state index contributed by atoms with van der Waals surface area (Å²) in [5, 5.41) is 11.0. The zero-order chi connectivity index (χ0) is 9.38. The molecule has 3 rings (SSSR count). The number of aromatic amines is 1. The number of hydrogen-bond acceptors (Lipinski definition) is 3. The predicted molar refractivity (Wildman–Crippen MR) is 50.6 cm³/mol. The number of fused-ring (bicyclic) bond motifs is 1. The zero-order valence-electron chi connectivity index (χ0n) is 7.25. The van der Waals surface area contributed by atoms with Gasteiger partial charge < -0.3 is 0 Å². The van der Waals surface area contributed by atoms with E-state index in [1.165, 1.54) is 0 Å². The highest BCUT2D eigenvalue weighted by atomic mass is 15.2. The van der Waals surface area contributed by atoms with Gasteiger partial charge in [-0.25, -0.2) is 9.50 Å². The molecule has 0 aliphatic carbocycles. The molecular weight excluding hydrogens is 178 g/mol. The van der Waals surface area contributed by atoms with Crippen LogP contribution >= 0.6 is 0 Å². The summed E-state index contributed by atoms with van der Waals surface area (Å²) in [5.74, 6) is 0. The molecule has 0 unspecified atom stereocenters. The molecule has 0 saturated carbocycles. The maximum absolute atomic E-state index is 4.37. The lowest BCUT2D eigenvalue weighted by molar-refractivity contribution is 0.942. The van der Waals surface area contributed by atoms with Gasteiger partial charge in [0.2, 0.25) is 0 Å². The Balaban J connectivity index is 2.23. The smallest absolute Gasteiger partial charge is 0.153 e. The molecule has 5 heteroatoms. The maximum Gasteiger partial charge on any atom is 0.153 e. The molecule has 0 bridgehead atoms. The van der Waals surface area contributed by atoms with Crippen molar-refractivity contribution in [2.24, 2.45) is 0 Å². The highest BCUT2D eigenvalue weighted by Crippen LogP contribution is 2.14. The summed E-state index contributed by atoms with van der Waals surface area (Å²) in [6.07, 6.45) is 7.09. The zero-order valence-corrected chi connectivity index (χ0v) is 7.25. The van der Waals surface area contributed by atoms with Gasteiger partial charge in [0.05, 0.1) is 11.9 Å². The minimum atomic E-state index is 0.845. The van der Waals surface area contributed by atoms with Crippen LogP contribution in [0, 0.1) is 0 Å². The van der Waals surface area contributed by atoms with Gasteiger partial charge in [-0.3, -0.25) is 5.10 Å². The van der Waals surface area contributed by atoms with Crippen LogP contribution in [0.2, 0.25) is 0 Å². The number of aromatic nitrogens is 5. The van der Waals surface area contributed by atoms with Gasteiger partial charge in [-0.2, -0.15) is 10.2 Å². The van der Waals surface area contributed by atoms with Crippen molar-refractivity contribution in [2.45, 2.75) is 0 Å². The number of rotatable bonds is 1. The van der Waals surface area contributed by atoms with E-state index in [0.29, 0.717) is 0 Å². The van der Waals surface area contributed by atoms with Crippen molar-refractivity contribution >= 4 is 5.65 Å². The second-order valence-electron chi connectivity index (χ2n) is 2.94. The molecule has 0 fully saturated rings. The first-order valence-electron chi connectivity index (χ1n) is 4.23. The van der Waals surface area contributed by atoms with E-state index in [9.17, 15) is 0 Å². The van der Waals surface area contributed by atoms with E-state index < -0.39 is 0 Å². The Morgan fingerprint density at radius 3 is 3.14 bits per heavy atom. The number of H-pyrrole nitrogens is 1. The summed E-state index contributed by atoms with van der Waals surface area (Å²) < 4.78 is 1.74. The van der Waals surface area contributed by atoms with Crippen LogP contribution in [-0.4, -0.2) is 24.8 Å². The van der Waals surface area contributed by atoms with E-state index in [4.69, 9.17) is 0 Å². The Hall–Kier alpha value is -2.17. The molecular formula is C9H7N5. The summed E-state index contributed by atoms with van der Waals surface area (Å²) in [4.78, 5) is 4.12. The number of imidazole rings is 1. The van der Waals surface area contributed by atoms with Gasteiger partial charge in [0, 0.05) is 24.2 Å². The topological polar surface area (TPSA) is 58.9 Å². The predicted octanol–water partition coefficient (Wildman–Crippen LogP) is 1.12. The molecule has 0 aromatic carbocycles. The van der Waals surface area contributed by atoms with Gasteiger partial charge in [0.1, 0.15) is 0 Å². The minimum absolute atomic E-state index is 0.845. The van der Waals surface area contributed by atoms with Crippen LogP contribution in [0.15, 0.2) is 36.9 Å². The number of nitrogens with one attached hydrogen (secondary N) is 1. The molecule has 0 atom stereocenters. The van der Waals surface area contributed by atoms with E-state index in [-0.39, 0.29) is 0 Å². The van der Waals surface area contributed by atoms with Crippen molar-refractivity contribution < 1.29 is 0 Å². The molecule has 0 radical (unpaired) electrons. The standard InChI is InChI=1S/C9H7N5/c1-2-9-10-3-4-14(9)13-8(1)7-5-11-12-6-7/h1-6H,(H,11,12). The van der Waals surface area contributed by atoms with Gasteiger partial charge >= 0.3 is 0 Å². The first-order valence-corrected chi connectivity index (χ1v) is 4.23. The van der Waals surface area contributed by atoms with Crippen LogP contribution in [0.1, 0.15) is 0 Å². The summed E-state index contributed by atoms with van der Waals surface area (Å²) in [6.45, 7) is 0. The molecule has 5 nitrogen and oxygen atoms in total. The van der Waals surface area contributed by atoms with Crippen molar-refractivity contribution in [3.63, 3.8) is 0 Å². The molecule has 0 saturated heterocycles. The van der Waals surface area contributed by atoms with Crippen LogP contribution in [0.5, 0.6) is 0 Å². The molecule has 1 N–H and O–H groups in total. The summed E-state index contributed by atoms with van der Waals surface area (Å²) in [7, 11) is 0. The molecule has 3 heterocycles. The second-order valence-corrected chi connectivity index (χ2v) is 2.94. The molecule has 3 aromatic heterocycles. The first kappa shape index (κ1) is 7.25. The minimum Gasteiger partial charge on any atom is -0.285 e. The fraction of sp³-hybridized carbons (Fsp3) is 0. The molecule has 68 valence electrons. The second kappa shape index (κ2) is 2.66. The Kier molecular flexibility index (Phi) is 1.38. The Morgan fingerprint density at radius 2 is 2.29 bits per heavy atom. The fourth-order valence-corrected chi connectivity index (χ4v) is 1.36. The lowest BCUT2D eigenvalue weighted by atomic mass is 10.2. The lowest BCUT2D eigenvalue weighted by Gasteiger charge is -1.96. The molecule has 0 aliphatic heterocycles. The van der Waals surface area contributed by atoms with Gasteiger partial charge in [0.15, 0.2) is 5.65 Å². The normalized spacial score (nSPS) is 10.9. The van der Waals surface area contributed by atoms with Crippen LogP contribution in [0.3, 0.4) is 0 Å². The Morgan fingerprint density at radius 1 is 1.29 bits per heavy atom. The van der Waals surface area contributed by atoms with E-state index in [2.05, 4.69) is 20.3 Å². The van der Waals surface area contributed by atoms with Crippen molar-refractivity contribution in [3.05, 3.63) is 36.9 Å². The first-order chi connectivity index (χ1) is 6.93. The monoisotopic (exact) mass is 185 g/mol. The maximum atomic E-state index is 4.37. The highest BCUT2D eigenvalue weighted by Gasteiger charge is 2.01.